The number of nitrogens with one attached hydrogen (secondary N) is 1. The van der Waals surface area contributed by atoms with Gasteiger partial charge < -0.3 is 4.53 Å². The van der Waals surface area contributed by atoms with Crippen LogP contribution in [0.1, 0.15) is 26.3 Å². The second kappa shape index (κ2) is 5.49. The van der Waals surface area contributed by atoms with E-state index < -0.39 is 9.04 Å². The molecule has 0 heterocycles. The molecule has 0 aliphatic heterocycles. The molecule has 0 spiro atoms. The fraction of sp³-hybridized carbons (Fsp3) is 0.500. The third kappa shape index (κ3) is 3.81. The summed E-state index contributed by atoms with van der Waals surface area (Å²) in [7, 11) is -1.19. The van der Waals surface area contributed by atoms with Crippen molar-refractivity contribution >= 4 is 20.4 Å². The van der Waals surface area contributed by atoms with Gasteiger partial charge in [-0.25, -0.2) is 0 Å². The van der Waals surface area contributed by atoms with E-state index in [0.717, 1.165) is 11.3 Å². The van der Waals surface area contributed by atoms with Crippen molar-refractivity contribution in [3.63, 3.8) is 0 Å². The Kier molecular flexibility index (Phi) is 4.47. The lowest BCUT2D eigenvalue weighted by molar-refractivity contribution is -0.384. The zero-order valence-electron chi connectivity index (χ0n) is 11.5. The van der Waals surface area contributed by atoms with Gasteiger partial charge in [-0.3, -0.25) is 15.6 Å². The molecular weight excluding hydrogens is 248 g/mol. The summed E-state index contributed by atoms with van der Waals surface area (Å²) in [6.45, 7) is 10.2. The van der Waals surface area contributed by atoms with E-state index in [1.165, 1.54) is 6.07 Å². The first-order chi connectivity index (χ1) is 8.21. The van der Waals surface area contributed by atoms with Crippen molar-refractivity contribution in [3.8, 4) is 0 Å². The van der Waals surface area contributed by atoms with Crippen molar-refractivity contribution in [2.45, 2.75) is 39.3 Å². The van der Waals surface area contributed by atoms with E-state index >= 15 is 0 Å². The Morgan fingerprint density at radius 3 is 2.39 bits per heavy atom. The minimum absolute atomic E-state index is 0.104. The molecule has 0 bridgehead atoms. The first-order valence-corrected chi connectivity index (χ1v) is 8.70. The molecule has 0 aromatic heterocycles. The number of anilines is 1. The molecule has 0 fully saturated rings. The molecular formula is C12H20N2O3Si. The zero-order valence-corrected chi connectivity index (χ0v) is 12.6. The molecule has 0 radical (unpaired) electrons. The molecule has 1 aromatic carbocycles. The molecule has 1 rings (SSSR count). The van der Waals surface area contributed by atoms with Crippen LogP contribution in [0.4, 0.5) is 11.4 Å². The van der Waals surface area contributed by atoms with Gasteiger partial charge in [-0.2, -0.15) is 0 Å². The molecule has 0 atom stereocenters. The van der Waals surface area contributed by atoms with Crippen LogP contribution in [0.15, 0.2) is 18.2 Å². The number of nitro benzene ring substituents is 1. The van der Waals surface area contributed by atoms with Crippen molar-refractivity contribution in [2.75, 3.05) is 5.48 Å². The van der Waals surface area contributed by atoms with Crippen molar-refractivity contribution < 1.29 is 9.45 Å². The molecule has 0 amide bonds. The van der Waals surface area contributed by atoms with Crippen molar-refractivity contribution in [1.29, 1.82) is 0 Å². The van der Waals surface area contributed by atoms with Gasteiger partial charge in [0.2, 0.25) is 9.04 Å². The molecule has 18 heavy (non-hydrogen) atoms. The van der Waals surface area contributed by atoms with Gasteiger partial charge in [-0.05, 0) is 30.1 Å². The van der Waals surface area contributed by atoms with Gasteiger partial charge in [0, 0.05) is 12.1 Å². The van der Waals surface area contributed by atoms with E-state index in [9.17, 15) is 10.1 Å². The fourth-order valence-corrected chi connectivity index (χ4v) is 1.90. The van der Waals surface area contributed by atoms with E-state index in [4.69, 9.17) is 4.53 Å². The highest BCUT2D eigenvalue weighted by Gasteiger charge is 2.21. The van der Waals surface area contributed by atoms with Gasteiger partial charge in [0.05, 0.1) is 10.6 Å². The third-order valence-electron chi connectivity index (χ3n) is 2.43. The number of benzene rings is 1. The monoisotopic (exact) mass is 268 g/mol. The highest BCUT2D eigenvalue weighted by molar-refractivity contribution is 6.48. The molecule has 100 valence electrons. The van der Waals surface area contributed by atoms with Gasteiger partial charge in [-0.15, -0.1) is 0 Å². The maximum absolute atomic E-state index is 10.8. The SMILES string of the molecule is C[SiH](C)ONc1ccc([N+](=O)[O-])cc1C(C)(C)C. The number of non-ortho nitro benzene ring substituents is 1. The summed E-state index contributed by atoms with van der Waals surface area (Å²) in [4.78, 5) is 10.4. The Balaban J connectivity index is 3.13. The van der Waals surface area contributed by atoms with Crippen molar-refractivity contribution in [3.05, 3.63) is 33.9 Å². The topological polar surface area (TPSA) is 64.4 Å². The number of hydrogen-bond donors (Lipinski definition) is 1. The minimum atomic E-state index is -1.19. The van der Waals surface area contributed by atoms with E-state index in [1.807, 2.05) is 20.8 Å². The summed E-state index contributed by atoms with van der Waals surface area (Å²) >= 11 is 0. The van der Waals surface area contributed by atoms with Crippen LogP contribution in [0.5, 0.6) is 0 Å². The Labute approximate surface area is 109 Å². The quantitative estimate of drug-likeness (QED) is 0.517. The Bertz CT molecular complexity index is 441. The molecule has 1 N–H and O–H groups in total. The van der Waals surface area contributed by atoms with Gasteiger partial charge >= 0.3 is 0 Å². The third-order valence-corrected chi connectivity index (χ3v) is 3.02. The van der Waals surface area contributed by atoms with Crippen molar-refractivity contribution in [2.24, 2.45) is 0 Å². The minimum Gasteiger partial charge on any atom is -0.326 e. The highest BCUT2D eigenvalue weighted by atomic mass is 28.3. The maximum atomic E-state index is 10.8. The fourth-order valence-electron chi connectivity index (χ4n) is 1.54. The van der Waals surface area contributed by atoms with E-state index in [-0.39, 0.29) is 16.0 Å². The van der Waals surface area contributed by atoms with Gasteiger partial charge in [-0.1, -0.05) is 20.8 Å². The van der Waals surface area contributed by atoms with Crippen LogP contribution >= 0.6 is 0 Å². The average Bonchev–Trinajstić information content (AvgIpc) is 2.24. The summed E-state index contributed by atoms with van der Waals surface area (Å²) in [6, 6.07) is 4.80. The maximum Gasteiger partial charge on any atom is 0.269 e. The predicted molar refractivity (Wildman–Crippen MR) is 75.4 cm³/mol. The molecule has 0 aliphatic rings. The Morgan fingerprint density at radius 2 is 1.94 bits per heavy atom. The van der Waals surface area contributed by atoms with Crippen LogP contribution in [0.3, 0.4) is 0 Å². The normalized spacial score (nSPS) is 11.7. The van der Waals surface area contributed by atoms with E-state index in [0.29, 0.717) is 0 Å². The van der Waals surface area contributed by atoms with Crippen LogP contribution in [0.25, 0.3) is 0 Å². The molecule has 0 saturated heterocycles. The molecule has 5 nitrogen and oxygen atoms in total. The smallest absolute Gasteiger partial charge is 0.269 e. The predicted octanol–water partition coefficient (Wildman–Crippen LogP) is 3.22. The standard InChI is InChI=1S/C12H20N2O3Si/c1-12(2,3)10-8-9(14(15)16)6-7-11(10)13-17-18(4)5/h6-8,13,18H,1-5H3. The van der Waals surface area contributed by atoms with E-state index in [2.05, 4.69) is 18.6 Å². The van der Waals surface area contributed by atoms with Gasteiger partial charge in [0.15, 0.2) is 0 Å². The Morgan fingerprint density at radius 1 is 1.33 bits per heavy atom. The largest absolute Gasteiger partial charge is 0.326 e. The number of rotatable bonds is 4. The van der Waals surface area contributed by atoms with E-state index in [1.54, 1.807) is 12.1 Å². The molecule has 6 heteroatoms. The lowest BCUT2D eigenvalue weighted by atomic mass is 9.85. The summed E-state index contributed by atoms with van der Waals surface area (Å²) in [6.07, 6.45) is 0. The second-order valence-corrected chi connectivity index (χ2v) is 7.84. The van der Waals surface area contributed by atoms with Crippen LogP contribution < -0.4 is 5.48 Å². The molecule has 0 aliphatic carbocycles. The first kappa shape index (κ1) is 14.7. The van der Waals surface area contributed by atoms with Crippen LogP contribution in [-0.4, -0.2) is 14.0 Å². The summed E-state index contributed by atoms with van der Waals surface area (Å²) < 4.78 is 5.48. The molecule has 0 saturated carbocycles. The molecule has 1 aromatic rings. The average molecular weight is 268 g/mol. The zero-order chi connectivity index (χ0) is 13.9. The van der Waals surface area contributed by atoms with Crippen LogP contribution in [-0.2, 0) is 9.94 Å². The highest BCUT2D eigenvalue weighted by Crippen LogP contribution is 2.32. The number of nitrogens with zero attached hydrogens (tertiary/aromatic N) is 1. The second-order valence-electron chi connectivity index (χ2n) is 5.51. The lowest BCUT2D eigenvalue weighted by Gasteiger charge is -2.23. The van der Waals surface area contributed by atoms with Crippen LogP contribution in [0.2, 0.25) is 13.1 Å². The summed E-state index contributed by atoms with van der Waals surface area (Å²) in [5.41, 5.74) is 4.53. The van der Waals surface area contributed by atoms with Crippen LogP contribution in [0, 0.1) is 10.1 Å². The lowest BCUT2D eigenvalue weighted by Crippen LogP contribution is -2.19. The summed E-state index contributed by atoms with van der Waals surface area (Å²) in [5, 5.41) is 10.8. The number of hydrogen-bond acceptors (Lipinski definition) is 4. The summed E-state index contributed by atoms with van der Waals surface area (Å²) in [5.74, 6) is 0. The molecule has 0 unspecified atom stereocenters. The first-order valence-electron chi connectivity index (χ1n) is 5.92. The van der Waals surface area contributed by atoms with Gasteiger partial charge in [0.25, 0.3) is 5.69 Å². The van der Waals surface area contributed by atoms with Gasteiger partial charge in [0.1, 0.15) is 0 Å². The van der Waals surface area contributed by atoms with Crippen molar-refractivity contribution in [1.82, 2.24) is 0 Å². The number of nitro groups is 1. The Hall–Kier alpha value is -1.40.